The fourth-order valence-electron chi connectivity index (χ4n) is 2.10. The van der Waals surface area contributed by atoms with Crippen LogP contribution in [-0.2, 0) is 4.79 Å². The van der Waals surface area contributed by atoms with Crippen molar-refractivity contribution in [2.45, 2.75) is 25.7 Å². The van der Waals surface area contributed by atoms with E-state index in [2.05, 4.69) is 0 Å². The van der Waals surface area contributed by atoms with Crippen LogP contribution in [0, 0.1) is 11.3 Å². The van der Waals surface area contributed by atoms with Crippen LogP contribution in [0.4, 0.5) is 0 Å². The number of halogens is 1. The Balaban J connectivity index is 2.50. The quantitative estimate of drug-likeness (QED) is 0.921. The predicted molar refractivity (Wildman–Crippen MR) is 71.6 cm³/mol. The minimum absolute atomic E-state index is 0.0613. The van der Waals surface area contributed by atoms with Gasteiger partial charge in [0, 0.05) is 29.3 Å². The van der Waals surface area contributed by atoms with Gasteiger partial charge in [-0.25, -0.2) is 0 Å². The molecule has 0 spiro atoms. The van der Waals surface area contributed by atoms with Crippen LogP contribution in [0.5, 0.6) is 5.75 Å². The lowest BCUT2D eigenvalue weighted by atomic mass is 9.85. The number of benzene rings is 1. The summed E-state index contributed by atoms with van der Waals surface area (Å²) in [5, 5.41) is 9.74. The topological polar surface area (TPSA) is 76.1 Å². The number of fused-ring (bicyclic) bond motifs is 1. The van der Waals surface area contributed by atoms with Crippen LogP contribution in [0.15, 0.2) is 29.7 Å². The van der Waals surface area contributed by atoms with E-state index < -0.39 is 0 Å². The summed E-state index contributed by atoms with van der Waals surface area (Å²) in [6.07, 6.45) is 0.655. The van der Waals surface area contributed by atoms with Gasteiger partial charge in [0.05, 0.1) is 5.57 Å². The summed E-state index contributed by atoms with van der Waals surface area (Å²) in [5.74, 6) is 0.305. The van der Waals surface area contributed by atoms with Crippen LogP contribution in [0.25, 0.3) is 0 Å². The molecule has 1 aromatic rings. The van der Waals surface area contributed by atoms with Crippen LogP contribution < -0.4 is 10.5 Å². The molecule has 5 heteroatoms. The van der Waals surface area contributed by atoms with Gasteiger partial charge in [0.2, 0.25) is 5.88 Å². The Hall–Kier alpha value is -1.99. The molecule has 0 saturated carbocycles. The predicted octanol–water partition coefficient (Wildman–Crippen LogP) is 2.88. The fourth-order valence-corrected chi connectivity index (χ4v) is 2.28. The van der Waals surface area contributed by atoms with Crippen molar-refractivity contribution in [1.29, 1.82) is 5.26 Å². The minimum atomic E-state index is -0.375. The molecule has 0 bridgehead atoms. The van der Waals surface area contributed by atoms with E-state index in [1.807, 2.05) is 6.07 Å². The van der Waals surface area contributed by atoms with Gasteiger partial charge in [0.15, 0.2) is 0 Å². The molecule has 98 valence electrons. The van der Waals surface area contributed by atoms with Crippen molar-refractivity contribution >= 4 is 17.4 Å². The Kier molecular flexibility index (Phi) is 3.77. The van der Waals surface area contributed by atoms with Crippen LogP contribution in [0.1, 0.15) is 31.2 Å². The van der Waals surface area contributed by atoms with E-state index in [4.69, 9.17) is 22.1 Å². The molecule has 0 amide bonds. The summed E-state index contributed by atoms with van der Waals surface area (Å²) >= 11 is 5.97. The van der Waals surface area contributed by atoms with E-state index in [1.54, 1.807) is 25.1 Å². The molecule has 2 N–H and O–H groups in total. The lowest BCUT2D eigenvalue weighted by Gasteiger charge is -2.25. The number of rotatable bonds is 3. The van der Waals surface area contributed by atoms with Gasteiger partial charge in [0.1, 0.15) is 17.6 Å². The second-order valence-corrected chi connectivity index (χ2v) is 4.76. The molecule has 19 heavy (non-hydrogen) atoms. The van der Waals surface area contributed by atoms with Gasteiger partial charge in [-0.15, -0.1) is 0 Å². The second-order valence-electron chi connectivity index (χ2n) is 4.32. The lowest BCUT2D eigenvalue weighted by molar-refractivity contribution is -0.119. The van der Waals surface area contributed by atoms with Crippen molar-refractivity contribution in [3.63, 3.8) is 0 Å². The zero-order chi connectivity index (χ0) is 14.0. The molecule has 4 nitrogen and oxygen atoms in total. The molecule has 0 aliphatic carbocycles. The van der Waals surface area contributed by atoms with Gasteiger partial charge in [-0.05, 0) is 18.2 Å². The summed E-state index contributed by atoms with van der Waals surface area (Å²) in [6.45, 7) is 1.79. The molecule has 0 radical (unpaired) electrons. The number of ether oxygens (including phenoxy) is 1. The number of nitrogens with zero attached hydrogens (tertiary/aromatic N) is 1. The first-order chi connectivity index (χ1) is 9.06. The summed E-state index contributed by atoms with van der Waals surface area (Å²) in [6, 6.07) is 7.13. The highest BCUT2D eigenvalue weighted by molar-refractivity contribution is 6.30. The Morgan fingerprint density at radius 1 is 1.58 bits per heavy atom. The molecule has 1 unspecified atom stereocenters. The number of hydrogen-bond donors (Lipinski definition) is 1. The first-order valence-electron chi connectivity index (χ1n) is 5.95. The highest BCUT2D eigenvalue weighted by Crippen LogP contribution is 2.41. The Morgan fingerprint density at radius 3 is 2.95 bits per heavy atom. The molecule has 0 fully saturated rings. The smallest absolute Gasteiger partial charge is 0.205 e. The largest absolute Gasteiger partial charge is 0.440 e. The number of nitriles is 1. The van der Waals surface area contributed by atoms with Crippen molar-refractivity contribution < 1.29 is 9.53 Å². The second kappa shape index (κ2) is 5.33. The number of carbonyl (C=O) groups excluding carboxylic acids is 1. The maximum Gasteiger partial charge on any atom is 0.205 e. The molecular weight excluding hydrogens is 264 g/mol. The summed E-state index contributed by atoms with van der Waals surface area (Å²) in [5.41, 5.74) is 6.77. The number of Topliss-reactive ketones (excluding diaryl/α,β-unsaturated/α-hetero) is 1. The van der Waals surface area contributed by atoms with Crippen molar-refractivity contribution in [2.24, 2.45) is 5.73 Å². The van der Waals surface area contributed by atoms with Crippen LogP contribution in [-0.4, -0.2) is 5.78 Å². The Labute approximate surface area is 116 Å². The van der Waals surface area contributed by atoms with E-state index in [9.17, 15) is 10.1 Å². The minimum Gasteiger partial charge on any atom is -0.440 e. The van der Waals surface area contributed by atoms with Gasteiger partial charge >= 0.3 is 0 Å². The maximum absolute atomic E-state index is 11.7. The van der Waals surface area contributed by atoms with Crippen molar-refractivity contribution in [1.82, 2.24) is 0 Å². The summed E-state index contributed by atoms with van der Waals surface area (Å²) < 4.78 is 5.40. The van der Waals surface area contributed by atoms with Crippen LogP contribution in [0.2, 0.25) is 5.02 Å². The van der Waals surface area contributed by atoms with Crippen LogP contribution in [0.3, 0.4) is 0 Å². The third kappa shape index (κ3) is 2.56. The molecule has 1 aliphatic heterocycles. The van der Waals surface area contributed by atoms with Crippen molar-refractivity contribution in [3.05, 3.63) is 40.2 Å². The standard InChI is InChI=1S/C14H13ClN2O2/c1-2-9(18)6-10-11-5-8(15)3-4-13(11)19-14(17)12(10)7-16/h3-5,10H,2,6,17H2,1H3. The van der Waals surface area contributed by atoms with E-state index in [-0.39, 0.29) is 29.6 Å². The number of ketones is 1. The Morgan fingerprint density at radius 2 is 2.32 bits per heavy atom. The highest BCUT2D eigenvalue weighted by atomic mass is 35.5. The van der Waals surface area contributed by atoms with E-state index in [1.165, 1.54) is 0 Å². The first-order valence-corrected chi connectivity index (χ1v) is 6.33. The lowest BCUT2D eigenvalue weighted by Crippen LogP contribution is -2.22. The number of hydrogen-bond acceptors (Lipinski definition) is 4. The molecule has 1 heterocycles. The average molecular weight is 277 g/mol. The van der Waals surface area contributed by atoms with Gasteiger partial charge in [-0.1, -0.05) is 18.5 Å². The Bertz CT molecular complexity index is 602. The SMILES string of the molecule is CCC(=O)CC1C(C#N)=C(N)Oc2ccc(Cl)cc21. The highest BCUT2D eigenvalue weighted by Gasteiger charge is 2.30. The average Bonchev–Trinajstić information content (AvgIpc) is 2.39. The van der Waals surface area contributed by atoms with E-state index in [0.29, 0.717) is 17.2 Å². The van der Waals surface area contributed by atoms with Gasteiger partial charge in [-0.2, -0.15) is 5.26 Å². The molecule has 1 atom stereocenters. The molecule has 2 rings (SSSR count). The van der Waals surface area contributed by atoms with Crippen LogP contribution >= 0.6 is 11.6 Å². The van der Waals surface area contributed by atoms with Gasteiger partial charge in [-0.3, -0.25) is 4.79 Å². The van der Waals surface area contributed by atoms with Crippen molar-refractivity contribution in [3.8, 4) is 11.8 Å². The molecular formula is C14H13ClN2O2. The third-order valence-corrected chi connectivity index (χ3v) is 3.36. The maximum atomic E-state index is 11.7. The summed E-state index contributed by atoms with van der Waals surface area (Å²) in [4.78, 5) is 11.7. The molecule has 1 aromatic carbocycles. The first kappa shape index (κ1) is 13.4. The zero-order valence-electron chi connectivity index (χ0n) is 10.4. The number of nitrogens with two attached hydrogens (primary N) is 1. The van der Waals surface area contributed by atoms with E-state index >= 15 is 0 Å². The van der Waals surface area contributed by atoms with E-state index in [0.717, 1.165) is 5.56 Å². The number of carbonyl (C=O) groups is 1. The van der Waals surface area contributed by atoms with Crippen molar-refractivity contribution in [2.75, 3.05) is 0 Å². The normalized spacial score (nSPS) is 17.4. The molecule has 0 saturated heterocycles. The monoisotopic (exact) mass is 276 g/mol. The fraction of sp³-hybridized carbons (Fsp3) is 0.286. The van der Waals surface area contributed by atoms with Gasteiger partial charge < -0.3 is 10.5 Å². The number of allylic oxidation sites excluding steroid dienone is 1. The molecule has 0 aromatic heterocycles. The van der Waals surface area contributed by atoms with Gasteiger partial charge in [0.25, 0.3) is 0 Å². The third-order valence-electron chi connectivity index (χ3n) is 3.13. The summed E-state index contributed by atoms with van der Waals surface area (Å²) in [7, 11) is 0. The molecule has 1 aliphatic rings. The zero-order valence-corrected chi connectivity index (χ0v) is 11.2.